The summed E-state index contributed by atoms with van der Waals surface area (Å²) in [7, 11) is 0. The molecule has 1 aliphatic heterocycles. The van der Waals surface area contributed by atoms with Gasteiger partial charge in [-0.05, 0) is 46.9 Å². The highest BCUT2D eigenvalue weighted by Gasteiger charge is 2.11. The number of rotatable bonds is 0. The van der Waals surface area contributed by atoms with Crippen LogP contribution in [0.1, 0.15) is 11.1 Å². The van der Waals surface area contributed by atoms with Crippen LogP contribution in [-0.4, -0.2) is 9.97 Å². The number of H-pyrrole nitrogens is 1. The molecule has 0 saturated carbocycles. The van der Waals surface area contributed by atoms with E-state index in [4.69, 9.17) is 0 Å². The number of nitrogens with zero attached hydrogens (tertiary/aromatic N) is 1. The lowest BCUT2D eigenvalue weighted by atomic mass is 10.1. The predicted octanol–water partition coefficient (Wildman–Crippen LogP) is 4.52. The number of imidazole rings is 1. The van der Waals surface area contributed by atoms with E-state index in [1.165, 1.54) is 34.7 Å². The van der Waals surface area contributed by atoms with E-state index in [2.05, 4.69) is 51.7 Å². The fraction of sp³-hybridized carbons (Fsp3) is 0.0952. The molecule has 2 N–H and O–H groups in total. The Morgan fingerprint density at radius 3 is 1.96 bits per heavy atom. The zero-order valence-corrected chi connectivity index (χ0v) is 13.5. The monoisotopic (exact) mass is 315 g/mol. The topological polar surface area (TPSA) is 40.7 Å². The van der Waals surface area contributed by atoms with E-state index in [9.17, 15) is 0 Å². The molecule has 2 heterocycles. The third kappa shape index (κ3) is 4.23. The summed E-state index contributed by atoms with van der Waals surface area (Å²) in [6.07, 6.45) is 19.1. The first kappa shape index (κ1) is 15.8. The summed E-state index contributed by atoms with van der Waals surface area (Å²) in [6, 6.07) is 13.2. The quantitative estimate of drug-likeness (QED) is 0.640. The van der Waals surface area contributed by atoms with E-state index < -0.39 is 0 Å². The molecule has 0 atom stereocenters. The standard InChI is InChI=1S/C12H10.C6H7N.C3H4N2/c1-3-9-4-2-6-11-8-7-10(5-1)12(9)11;1-2-4-6-7-5-3-1;1-2-5-3-4-1/h1-6H,7-8H2;1-7H;1-3H,(H,4,5). The third-order valence-corrected chi connectivity index (χ3v) is 3.87. The average molecular weight is 315 g/mol. The molecule has 0 bridgehead atoms. The van der Waals surface area contributed by atoms with Crippen LogP contribution in [0.25, 0.3) is 10.8 Å². The fourth-order valence-electron chi connectivity index (χ4n) is 2.81. The molecule has 0 unspecified atom stereocenters. The van der Waals surface area contributed by atoms with Crippen LogP contribution >= 0.6 is 0 Å². The first-order valence-corrected chi connectivity index (χ1v) is 8.12. The minimum Gasteiger partial charge on any atom is -0.368 e. The lowest BCUT2D eigenvalue weighted by Crippen LogP contribution is -1.87. The minimum absolute atomic E-state index is 1.23. The molecule has 3 aromatic rings. The molecule has 3 heteroatoms. The number of nitrogens with one attached hydrogen (secondary N) is 2. The molecule has 0 amide bonds. The molecule has 5 rings (SSSR count). The Balaban J connectivity index is 0.000000120. The van der Waals surface area contributed by atoms with Crippen LogP contribution in [0.5, 0.6) is 0 Å². The Labute approximate surface area is 142 Å². The van der Waals surface area contributed by atoms with E-state index in [0.29, 0.717) is 0 Å². The van der Waals surface area contributed by atoms with Crippen molar-refractivity contribution < 1.29 is 0 Å². The van der Waals surface area contributed by atoms with Crippen molar-refractivity contribution in [2.45, 2.75) is 12.8 Å². The van der Waals surface area contributed by atoms with Gasteiger partial charge in [-0.1, -0.05) is 48.6 Å². The number of hydrogen-bond donors (Lipinski definition) is 2. The lowest BCUT2D eigenvalue weighted by Gasteiger charge is -1.99. The molecule has 0 fully saturated rings. The Kier molecular flexibility index (Phi) is 5.62. The number of aryl methyl sites for hydroxylation is 2. The van der Waals surface area contributed by atoms with Crippen molar-refractivity contribution in [3.63, 3.8) is 0 Å². The first-order valence-electron chi connectivity index (χ1n) is 8.12. The van der Waals surface area contributed by atoms with Crippen LogP contribution in [0.15, 0.2) is 91.8 Å². The second-order valence-corrected chi connectivity index (χ2v) is 5.46. The van der Waals surface area contributed by atoms with Gasteiger partial charge in [-0.2, -0.15) is 0 Å². The Hall–Kier alpha value is -3.07. The lowest BCUT2D eigenvalue weighted by molar-refractivity contribution is 1.02. The number of allylic oxidation sites excluding steroid dienone is 4. The molecule has 120 valence electrons. The third-order valence-electron chi connectivity index (χ3n) is 3.87. The van der Waals surface area contributed by atoms with Gasteiger partial charge in [0.05, 0.1) is 6.33 Å². The van der Waals surface area contributed by atoms with Crippen LogP contribution < -0.4 is 5.32 Å². The number of hydrogen-bond acceptors (Lipinski definition) is 2. The summed E-state index contributed by atoms with van der Waals surface area (Å²) < 4.78 is 0. The van der Waals surface area contributed by atoms with Crippen molar-refractivity contribution in [2.24, 2.45) is 0 Å². The van der Waals surface area contributed by atoms with E-state index in [1.54, 1.807) is 18.7 Å². The largest absolute Gasteiger partial charge is 0.368 e. The van der Waals surface area contributed by atoms with Crippen molar-refractivity contribution in [2.75, 3.05) is 0 Å². The van der Waals surface area contributed by atoms with Crippen LogP contribution in [0.4, 0.5) is 0 Å². The second kappa shape index (κ2) is 8.53. The molecule has 2 aromatic carbocycles. The number of aromatic amines is 1. The van der Waals surface area contributed by atoms with E-state index in [0.717, 1.165) is 0 Å². The molecule has 1 aliphatic carbocycles. The highest BCUT2D eigenvalue weighted by atomic mass is 14.8. The average Bonchev–Trinajstić information content (AvgIpc) is 3.25. The Bertz CT molecular complexity index is 773. The zero-order valence-electron chi connectivity index (χ0n) is 13.5. The molecule has 2 aliphatic rings. The molecule has 0 spiro atoms. The molecule has 0 saturated heterocycles. The van der Waals surface area contributed by atoms with Gasteiger partial charge in [0.2, 0.25) is 0 Å². The highest BCUT2D eigenvalue weighted by Crippen LogP contribution is 2.29. The fourth-order valence-corrected chi connectivity index (χ4v) is 2.81. The molecule has 1 aromatic heterocycles. The van der Waals surface area contributed by atoms with Gasteiger partial charge in [-0.3, -0.25) is 0 Å². The van der Waals surface area contributed by atoms with Crippen molar-refractivity contribution in [3.05, 3.63) is 103 Å². The smallest absolute Gasteiger partial charge is 0.0919 e. The van der Waals surface area contributed by atoms with Gasteiger partial charge < -0.3 is 10.3 Å². The van der Waals surface area contributed by atoms with Gasteiger partial charge in [-0.25, -0.2) is 4.98 Å². The summed E-state index contributed by atoms with van der Waals surface area (Å²) in [6.45, 7) is 0. The Morgan fingerprint density at radius 1 is 0.792 bits per heavy atom. The zero-order chi connectivity index (χ0) is 16.5. The van der Waals surface area contributed by atoms with Crippen molar-refractivity contribution >= 4 is 10.8 Å². The maximum absolute atomic E-state index is 3.67. The van der Waals surface area contributed by atoms with Crippen LogP contribution in [0.2, 0.25) is 0 Å². The summed E-state index contributed by atoms with van der Waals surface area (Å²) in [5.41, 5.74) is 3.06. The van der Waals surface area contributed by atoms with Gasteiger partial charge >= 0.3 is 0 Å². The predicted molar refractivity (Wildman–Crippen MR) is 100 cm³/mol. The van der Waals surface area contributed by atoms with E-state index in [1.807, 2.05) is 36.7 Å². The van der Waals surface area contributed by atoms with E-state index >= 15 is 0 Å². The minimum atomic E-state index is 1.23. The SMILES string of the molecule is C1=CC=CNC=C1.c1c[nH]cn1.c1cc2c3c(cccc3c1)CC2. The first-order chi connectivity index (χ1) is 11.9. The van der Waals surface area contributed by atoms with Gasteiger partial charge in [-0.15, -0.1) is 0 Å². The molecule has 3 nitrogen and oxygen atoms in total. The maximum Gasteiger partial charge on any atom is 0.0919 e. The Morgan fingerprint density at radius 2 is 1.46 bits per heavy atom. The van der Waals surface area contributed by atoms with Crippen molar-refractivity contribution in [1.82, 2.24) is 15.3 Å². The van der Waals surface area contributed by atoms with Gasteiger partial charge in [0.1, 0.15) is 0 Å². The highest BCUT2D eigenvalue weighted by molar-refractivity contribution is 5.90. The van der Waals surface area contributed by atoms with Crippen LogP contribution in [0, 0.1) is 0 Å². The van der Waals surface area contributed by atoms with Crippen molar-refractivity contribution in [1.29, 1.82) is 0 Å². The summed E-state index contributed by atoms with van der Waals surface area (Å²) in [4.78, 5) is 6.42. The van der Waals surface area contributed by atoms with E-state index in [-0.39, 0.29) is 0 Å². The molecule has 0 radical (unpaired) electrons. The van der Waals surface area contributed by atoms with Gasteiger partial charge in [0.25, 0.3) is 0 Å². The van der Waals surface area contributed by atoms with Gasteiger partial charge in [0, 0.05) is 24.8 Å². The summed E-state index contributed by atoms with van der Waals surface area (Å²) in [5, 5.41) is 5.84. The van der Waals surface area contributed by atoms with Crippen molar-refractivity contribution in [3.8, 4) is 0 Å². The second-order valence-electron chi connectivity index (χ2n) is 5.46. The molecular formula is C21H21N3. The number of aromatic nitrogens is 2. The summed E-state index contributed by atoms with van der Waals surface area (Å²) >= 11 is 0. The number of benzene rings is 2. The maximum atomic E-state index is 3.67. The van der Waals surface area contributed by atoms with Crippen LogP contribution in [-0.2, 0) is 12.8 Å². The van der Waals surface area contributed by atoms with Gasteiger partial charge in [0.15, 0.2) is 0 Å². The normalized spacial score (nSPS) is 13.3. The van der Waals surface area contributed by atoms with Crippen LogP contribution in [0.3, 0.4) is 0 Å². The molecular weight excluding hydrogens is 294 g/mol. The molecule has 24 heavy (non-hydrogen) atoms. The summed E-state index contributed by atoms with van der Waals surface area (Å²) in [5.74, 6) is 0.